The molecule has 1 aliphatic rings. The lowest BCUT2D eigenvalue weighted by molar-refractivity contribution is -0.127. The molecule has 32 heavy (non-hydrogen) atoms. The average molecular weight is 444 g/mol. The van der Waals surface area contributed by atoms with Crippen molar-refractivity contribution in [1.29, 1.82) is 0 Å². The monoisotopic (exact) mass is 443 g/mol. The van der Waals surface area contributed by atoms with Crippen molar-refractivity contribution in [2.45, 2.75) is 52.3 Å². The van der Waals surface area contributed by atoms with Crippen LogP contribution in [0.15, 0.2) is 24.7 Å². The average Bonchev–Trinajstić information content (AvgIpc) is 3.33. The number of likely N-dealkylation sites (tertiary alicyclic amines) is 1. The van der Waals surface area contributed by atoms with Crippen LogP contribution in [0.25, 0.3) is 6.08 Å². The molecule has 1 aliphatic heterocycles. The summed E-state index contributed by atoms with van der Waals surface area (Å²) in [6, 6.07) is 0. The lowest BCUT2D eigenvalue weighted by atomic mass is 9.98. The van der Waals surface area contributed by atoms with E-state index in [-0.39, 0.29) is 5.91 Å². The summed E-state index contributed by atoms with van der Waals surface area (Å²) in [6.45, 7) is 7.95. The van der Waals surface area contributed by atoms with Gasteiger partial charge in [-0.25, -0.2) is 4.79 Å². The quantitative estimate of drug-likeness (QED) is 0.636. The molecule has 1 saturated heterocycles. The van der Waals surface area contributed by atoms with Crippen LogP contribution in [0.1, 0.15) is 44.9 Å². The molecule has 0 aliphatic carbocycles. The van der Waals surface area contributed by atoms with Gasteiger partial charge in [0.2, 0.25) is 5.91 Å². The van der Waals surface area contributed by atoms with Crippen LogP contribution < -0.4 is 0 Å². The first-order valence-corrected chi connectivity index (χ1v) is 10.9. The first-order chi connectivity index (χ1) is 15.1. The molecule has 2 aromatic rings. The molecule has 0 aromatic carbocycles. The van der Waals surface area contributed by atoms with Crippen molar-refractivity contribution < 1.29 is 14.3 Å². The molecule has 174 valence electrons. The van der Waals surface area contributed by atoms with Crippen molar-refractivity contribution in [3.63, 3.8) is 0 Å². The van der Waals surface area contributed by atoms with Crippen LogP contribution >= 0.6 is 0 Å². The normalized spacial score (nSPS) is 17.0. The Morgan fingerprint density at radius 1 is 1.31 bits per heavy atom. The molecule has 2 aromatic heterocycles. The molecule has 0 spiro atoms. The van der Waals surface area contributed by atoms with E-state index in [4.69, 9.17) is 4.74 Å². The number of rotatable bonds is 6. The molecule has 10 heteroatoms. The Bertz CT molecular complexity index is 957. The minimum atomic E-state index is -0.541. The third kappa shape index (κ3) is 6.93. The molecule has 1 fully saturated rings. The van der Waals surface area contributed by atoms with Gasteiger partial charge in [0.25, 0.3) is 0 Å². The Kier molecular flexibility index (Phi) is 7.32. The van der Waals surface area contributed by atoms with E-state index in [1.807, 2.05) is 45.1 Å². The number of aryl methyl sites for hydroxylation is 1. The van der Waals surface area contributed by atoms with Gasteiger partial charge in [0.05, 0.1) is 18.9 Å². The summed E-state index contributed by atoms with van der Waals surface area (Å²) in [4.78, 5) is 28.1. The van der Waals surface area contributed by atoms with Crippen LogP contribution in [-0.2, 0) is 29.7 Å². The second-order valence-corrected chi connectivity index (χ2v) is 9.34. The first-order valence-electron chi connectivity index (χ1n) is 10.9. The van der Waals surface area contributed by atoms with Gasteiger partial charge >= 0.3 is 6.09 Å². The number of hydrogen-bond donors (Lipinski definition) is 0. The van der Waals surface area contributed by atoms with Gasteiger partial charge in [0.15, 0.2) is 0 Å². The maximum atomic E-state index is 12.6. The topological polar surface area (TPSA) is 98.4 Å². The summed E-state index contributed by atoms with van der Waals surface area (Å²) in [5, 5.41) is 12.5. The number of hydrogen-bond acceptors (Lipinski definition) is 6. The maximum absolute atomic E-state index is 12.6. The van der Waals surface area contributed by atoms with Crippen molar-refractivity contribution in [3.05, 3.63) is 35.9 Å². The van der Waals surface area contributed by atoms with Crippen LogP contribution in [-0.4, -0.2) is 72.3 Å². The zero-order valence-electron chi connectivity index (χ0n) is 19.6. The highest BCUT2D eigenvalue weighted by Crippen LogP contribution is 2.19. The molecule has 0 radical (unpaired) electrons. The van der Waals surface area contributed by atoms with Gasteiger partial charge in [-0.05, 0) is 45.6 Å². The number of carbonyl (C=O) groups is 2. The molecule has 10 nitrogen and oxygen atoms in total. The third-order valence-corrected chi connectivity index (χ3v) is 5.11. The zero-order valence-corrected chi connectivity index (χ0v) is 19.6. The predicted molar refractivity (Wildman–Crippen MR) is 119 cm³/mol. The number of carbonyl (C=O) groups excluding carboxylic acids is 2. The number of nitrogens with zero attached hydrogens (tertiary/aromatic N) is 7. The number of aromatic nitrogens is 5. The van der Waals surface area contributed by atoms with Crippen LogP contribution in [0.4, 0.5) is 4.79 Å². The highest BCUT2D eigenvalue weighted by molar-refractivity contribution is 5.91. The lowest BCUT2D eigenvalue weighted by Gasteiger charge is -2.32. The minimum Gasteiger partial charge on any atom is -0.444 e. The summed E-state index contributed by atoms with van der Waals surface area (Å²) < 4.78 is 8.87. The Morgan fingerprint density at radius 2 is 2.09 bits per heavy atom. The molecule has 0 unspecified atom stereocenters. The molecule has 0 bridgehead atoms. The fourth-order valence-corrected chi connectivity index (χ4v) is 3.63. The molecule has 3 rings (SSSR count). The van der Waals surface area contributed by atoms with Gasteiger partial charge < -0.3 is 14.5 Å². The summed E-state index contributed by atoms with van der Waals surface area (Å²) in [5.74, 6) is 0.314. The Morgan fingerprint density at radius 3 is 2.78 bits per heavy atom. The minimum absolute atomic E-state index is 0.0109. The van der Waals surface area contributed by atoms with Crippen molar-refractivity contribution in [2.24, 2.45) is 13.0 Å². The van der Waals surface area contributed by atoms with E-state index in [2.05, 4.69) is 15.4 Å². The standard InChI is InChI=1S/C22H33N7O3/c1-22(2,3)32-21(31)26(4)15-19-16-29(25-24-19)14-18-7-6-10-28(13-18)20(30)9-8-17-11-23-27(5)12-17/h8-9,11-12,16,18H,6-7,10,13-15H2,1-5H3/b9-8+/t18-/m1/s1. The molecular formula is C22H33N7O3. The second kappa shape index (κ2) is 9.97. The number of piperidine rings is 1. The fourth-order valence-electron chi connectivity index (χ4n) is 3.63. The number of amides is 2. The predicted octanol–water partition coefficient (Wildman–Crippen LogP) is 2.33. The SMILES string of the molecule is CN(Cc1cn(C[C@@H]2CCCN(C(=O)/C=C/c3cnn(C)c3)C2)nn1)C(=O)OC(C)(C)C. The van der Waals surface area contributed by atoms with Crippen molar-refractivity contribution >= 4 is 18.1 Å². The summed E-state index contributed by atoms with van der Waals surface area (Å²) >= 11 is 0. The van der Waals surface area contributed by atoms with Gasteiger partial charge in [0, 0.05) is 51.6 Å². The summed E-state index contributed by atoms with van der Waals surface area (Å²) in [7, 11) is 3.52. The fraction of sp³-hybridized carbons (Fsp3) is 0.591. The largest absolute Gasteiger partial charge is 0.444 e. The molecule has 0 saturated carbocycles. The van der Waals surface area contributed by atoms with Gasteiger partial charge in [-0.2, -0.15) is 5.10 Å². The Balaban J connectivity index is 1.51. The first kappa shape index (κ1) is 23.5. The van der Waals surface area contributed by atoms with E-state index in [1.54, 1.807) is 34.8 Å². The molecule has 2 amide bonds. The van der Waals surface area contributed by atoms with E-state index in [9.17, 15) is 9.59 Å². The third-order valence-electron chi connectivity index (χ3n) is 5.11. The van der Waals surface area contributed by atoms with Crippen LogP contribution in [0.5, 0.6) is 0 Å². The van der Waals surface area contributed by atoms with Crippen LogP contribution in [0, 0.1) is 5.92 Å². The van der Waals surface area contributed by atoms with Gasteiger partial charge in [-0.1, -0.05) is 5.21 Å². The molecule has 1 atom stereocenters. The highest BCUT2D eigenvalue weighted by Gasteiger charge is 2.24. The summed E-state index contributed by atoms with van der Waals surface area (Å²) in [5.41, 5.74) is 1.06. The van der Waals surface area contributed by atoms with Crippen molar-refractivity contribution in [2.75, 3.05) is 20.1 Å². The Labute approximate surface area is 188 Å². The molecular weight excluding hydrogens is 410 g/mol. The van der Waals surface area contributed by atoms with E-state index < -0.39 is 11.7 Å². The maximum Gasteiger partial charge on any atom is 0.410 e. The van der Waals surface area contributed by atoms with E-state index in [1.165, 1.54) is 4.90 Å². The van der Waals surface area contributed by atoms with E-state index in [0.29, 0.717) is 31.2 Å². The van der Waals surface area contributed by atoms with Gasteiger partial charge in [-0.15, -0.1) is 5.10 Å². The van der Waals surface area contributed by atoms with E-state index >= 15 is 0 Å². The Hall–Kier alpha value is -3.17. The molecule has 0 N–H and O–H groups in total. The molecule has 3 heterocycles. The smallest absolute Gasteiger partial charge is 0.410 e. The number of ether oxygens (including phenoxy) is 1. The summed E-state index contributed by atoms with van der Waals surface area (Å²) in [6.07, 6.45) is 10.4. The highest BCUT2D eigenvalue weighted by atomic mass is 16.6. The van der Waals surface area contributed by atoms with Gasteiger partial charge in [0.1, 0.15) is 11.3 Å². The van der Waals surface area contributed by atoms with Crippen LogP contribution in [0.3, 0.4) is 0 Å². The van der Waals surface area contributed by atoms with Crippen molar-refractivity contribution in [3.8, 4) is 0 Å². The van der Waals surface area contributed by atoms with Crippen molar-refractivity contribution in [1.82, 2.24) is 34.6 Å². The van der Waals surface area contributed by atoms with Gasteiger partial charge in [-0.3, -0.25) is 14.2 Å². The van der Waals surface area contributed by atoms with Crippen LogP contribution in [0.2, 0.25) is 0 Å². The zero-order chi connectivity index (χ0) is 23.3. The second-order valence-electron chi connectivity index (χ2n) is 9.34. The van der Waals surface area contributed by atoms with E-state index in [0.717, 1.165) is 24.9 Å². The lowest BCUT2D eigenvalue weighted by Crippen LogP contribution is -2.40.